The van der Waals surface area contributed by atoms with Crippen molar-refractivity contribution >= 4 is 33.1 Å². The van der Waals surface area contributed by atoms with Gasteiger partial charge in [-0.1, -0.05) is 25.1 Å². The van der Waals surface area contributed by atoms with Gasteiger partial charge in [-0.3, -0.25) is 0 Å². The van der Waals surface area contributed by atoms with Gasteiger partial charge < -0.3 is 16.4 Å². The number of anilines is 3. The van der Waals surface area contributed by atoms with Crippen molar-refractivity contribution in [2.45, 2.75) is 26.8 Å². The molecule has 4 nitrogen and oxygen atoms in total. The standard InChI is InChI=1S/C16H21BrN4/c1-4-11-7-5-6-10(2)12(11)9-20-16-15(18)13(19-3)8-14(17)21-16/h5-8H,4,9,18H2,1-3H3,(H2,19,20,21). The second kappa shape index (κ2) is 6.80. The Hall–Kier alpha value is -1.75. The Morgan fingerprint density at radius 3 is 2.76 bits per heavy atom. The number of hydrogen-bond donors (Lipinski definition) is 3. The van der Waals surface area contributed by atoms with Crippen LogP contribution in [0.1, 0.15) is 23.6 Å². The molecule has 1 aromatic carbocycles. The Balaban J connectivity index is 2.27. The number of hydrogen-bond acceptors (Lipinski definition) is 4. The Morgan fingerprint density at radius 1 is 1.33 bits per heavy atom. The molecule has 0 radical (unpaired) electrons. The van der Waals surface area contributed by atoms with Crippen LogP contribution in [-0.2, 0) is 13.0 Å². The van der Waals surface area contributed by atoms with E-state index in [1.54, 1.807) is 0 Å². The molecule has 4 N–H and O–H groups in total. The van der Waals surface area contributed by atoms with Crippen molar-refractivity contribution in [1.29, 1.82) is 0 Å². The molecule has 0 aliphatic heterocycles. The third-order valence-corrected chi connectivity index (χ3v) is 4.02. The van der Waals surface area contributed by atoms with Crippen LogP contribution in [0.2, 0.25) is 0 Å². The summed E-state index contributed by atoms with van der Waals surface area (Å²) in [6.45, 7) is 5.02. The number of aromatic nitrogens is 1. The van der Waals surface area contributed by atoms with E-state index >= 15 is 0 Å². The van der Waals surface area contributed by atoms with Gasteiger partial charge in [-0.2, -0.15) is 0 Å². The fourth-order valence-corrected chi connectivity index (χ4v) is 2.79. The van der Waals surface area contributed by atoms with E-state index in [1.165, 1.54) is 16.7 Å². The van der Waals surface area contributed by atoms with Crippen LogP contribution in [0.5, 0.6) is 0 Å². The number of halogens is 1. The SMILES string of the molecule is CCc1cccc(C)c1CNc1nc(Br)cc(NC)c1N. The molecule has 5 heteroatoms. The minimum atomic E-state index is 0.632. The third kappa shape index (κ3) is 3.47. The quantitative estimate of drug-likeness (QED) is 0.716. The molecule has 21 heavy (non-hydrogen) atoms. The lowest BCUT2D eigenvalue weighted by Gasteiger charge is -2.15. The van der Waals surface area contributed by atoms with Gasteiger partial charge in [0.25, 0.3) is 0 Å². The fourth-order valence-electron chi connectivity index (χ4n) is 2.38. The van der Waals surface area contributed by atoms with Crippen LogP contribution in [0.3, 0.4) is 0 Å². The largest absolute Gasteiger partial charge is 0.394 e. The first-order valence-corrected chi connectivity index (χ1v) is 7.81. The number of benzene rings is 1. The zero-order chi connectivity index (χ0) is 15.4. The number of nitrogens with two attached hydrogens (primary N) is 1. The molecule has 0 atom stereocenters. The molecule has 112 valence electrons. The highest BCUT2D eigenvalue weighted by Crippen LogP contribution is 2.29. The van der Waals surface area contributed by atoms with Gasteiger partial charge in [0.05, 0.1) is 11.4 Å². The van der Waals surface area contributed by atoms with Gasteiger partial charge in [-0.05, 0) is 52.0 Å². The summed E-state index contributed by atoms with van der Waals surface area (Å²) in [5, 5.41) is 6.43. The van der Waals surface area contributed by atoms with Crippen LogP contribution in [0.15, 0.2) is 28.9 Å². The molecule has 0 amide bonds. The molecule has 0 bridgehead atoms. The highest BCUT2D eigenvalue weighted by atomic mass is 79.9. The topological polar surface area (TPSA) is 63.0 Å². The number of nitrogens with zero attached hydrogens (tertiary/aromatic N) is 1. The molecule has 0 spiro atoms. The zero-order valence-electron chi connectivity index (χ0n) is 12.6. The van der Waals surface area contributed by atoms with E-state index < -0.39 is 0 Å². The molecule has 0 aliphatic rings. The fraction of sp³-hybridized carbons (Fsp3) is 0.312. The van der Waals surface area contributed by atoms with Crippen LogP contribution >= 0.6 is 15.9 Å². The van der Waals surface area contributed by atoms with Crippen molar-refractivity contribution in [1.82, 2.24) is 4.98 Å². The van der Waals surface area contributed by atoms with E-state index in [2.05, 4.69) is 63.6 Å². The number of rotatable bonds is 5. The molecule has 0 unspecified atom stereocenters. The Kier molecular flexibility index (Phi) is 5.07. The number of pyridine rings is 1. The predicted octanol–water partition coefficient (Wildman–Crippen LogP) is 3.95. The summed E-state index contributed by atoms with van der Waals surface area (Å²) in [5.41, 5.74) is 11.6. The summed E-state index contributed by atoms with van der Waals surface area (Å²) in [7, 11) is 1.85. The van der Waals surface area contributed by atoms with Crippen molar-refractivity contribution in [2.75, 3.05) is 23.4 Å². The summed E-state index contributed by atoms with van der Waals surface area (Å²) in [6, 6.07) is 8.27. The maximum atomic E-state index is 6.13. The maximum Gasteiger partial charge on any atom is 0.152 e. The van der Waals surface area contributed by atoms with Gasteiger partial charge in [0.15, 0.2) is 5.82 Å². The molecular formula is C16H21BrN4. The number of aryl methyl sites for hydroxylation is 2. The lowest BCUT2D eigenvalue weighted by Crippen LogP contribution is -2.09. The summed E-state index contributed by atoms with van der Waals surface area (Å²) in [5.74, 6) is 0.694. The highest BCUT2D eigenvalue weighted by molar-refractivity contribution is 9.10. The maximum absolute atomic E-state index is 6.13. The van der Waals surface area contributed by atoms with E-state index in [0.717, 1.165) is 16.7 Å². The molecule has 1 aromatic heterocycles. The first-order valence-electron chi connectivity index (χ1n) is 7.01. The van der Waals surface area contributed by atoms with Crippen molar-refractivity contribution in [3.63, 3.8) is 0 Å². The Bertz CT molecular complexity index is 640. The number of nitrogens with one attached hydrogen (secondary N) is 2. The second-order valence-electron chi connectivity index (χ2n) is 4.92. The molecular weight excluding hydrogens is 328 g/mol. The van der Waals surface area contributed by atoms with Crippen molar-refractivity contribution in [3.05, 3.63) is 45.6 Å². The zero-order valence-corrected chi connectivity index (χ0v) is 14.2. The third-order valence-electron chi connectivity index (χ3n) is 3.62. The summed E-state index contributed by atoms with van der Waals surface area (Å²) in [6.07, 6.45) is 1.02. The van der Waals surface area contributed by atoms with Crippen LogP contribution in [-0.4, -0.2) is 12.0 Å². The van der Waals surface area contributed by atoms with Gasteiger partial charge in [0.1, 0.15) is 4.60 Å². The van der Waals surface area contributed by atoms with E-state index in [0.29, 0.717) is 18.1 Å². The minimum Gasteiger partial charge on any atom is -0.394 e. The van der Waals surface area contributed by atoms with Gasteiger partial charge >= 0.3 is 0 Å². The first kappa shape index (κ1) is 15.6. The lowest BCUT2D eigenvalue weighted by atomic mass is 10.00. The monoisotopic (exact) mass is 348 g/mol. The molecule has 1 heterocycles. The van der Waals surface area contributed by atoms with Crippen LogP contribution < -0.4 is 16.4 Å². The average Bonchev–Trinajstić information content (AvgIpc) is 2.48. The van der Waals surface area contributed by atoms with E-state index in [9.17, 15) is 0 Å². The van der Waals surface area contributed by atoms with E-state index in [-0.39, 0.29) is 0 Å². The van der Waals surface area contributed by atoms with Crippen LogP contribution in [0.4, 0.5) is 17.2 Å². The molecule has 0 fully saturated rings. The normalized spacial score (nSPS) is 10.5. The lowest BCUT2D eigenvalue weighted by molar-refractivity contribution is 1.01. The predicted molar refractivity (Wildman–Crippen MR) is 93.8 cm³/mol. The molecule has 2 rings (SSSR count). The molecule has 0 aliphatic carbocycles. The smallest absolute Gasteiger partial charge is 0.152 e. The second-order valence-corrected chi connectivity index (χ2v) is 5.74. The van der Waals surface area contributed by atoms with Crippen molar-refractivity contribution < 1.29 is 0 Å². The van der Waals surface area contributed by atoms with Gasteiger partial charge in [-0.15, -0.1) is 0 Å². The summed E-state index contributed by atoms with van der Waals surface area (Å²) in [4.78, 5) is 4.42. The van der Waals surface area contributed by atoms with E-state index in [4.69, 9.17) is 5.73 Å². The van der Waals surface area contributed by atoms with Crippen molar-refractivity contribution in [2.24, 2.45) is 0 Å². The molecule has 0 saturated heterocycles. The van der Waals surface area contributed by atoms with Crippen LogP contribution in [0.25, 0.3) is 0 Å². The molecule has 2 aromatic rings. The minimum absolute atomic E-state index is 0.632. The van der Waals surface area contributed by atoms with Gasteiger partial charge in [0.2, 0.25) is 0 Å². The van der Waals surface area contributed by atoms with Crippen molar-refractivity contribution in [3.8, 4) is 0 Å². The molecule has 0 saturated carbocycles. The Morgan fingerprint density at radius 2 is 2.10 bits per heavy atom. The van der Waals surface area contributed by atoms with E-state index in [1.807, 2.05) is 13.1 Å². The summed E-state index contributed by atoms with van der Waals surface area (Å²) >= 11 is 3.41. The number of nitrogen functional groups attached to an aromatic ring is 1. The average molecular weight is 349 g/mol. The van der Waals surface area contributed by atoms with Crippen LogP contribution in [0, 0.1) is 6.92 Å². The van der Waals surface area contributed by atoms with Gasteiger partial charge in [-0.25, -0.2) is 4.98 Å². The van der Waals surface area contributed by atoms with Gasteiger partial charge in [0, 0.05) is 13.6 Å². The highest BCUT2D eigenvalue weighted by Gasteiger charge is 2.10. The Labute approximate surface area is 134 Å². The summed E-state index contributed by atoms with van der Waals surface area (Å²) < 4.78 is 0.754. The first-order chi connectivity index (χ1) is 10.1.